The van der Waals surface area contributed by atoms with Gasteiger partial charge in [-0.1, -0.05) is 160 Å². The fourth-order valence-corrected chi connectivity index (χ4v) is 3.02. The fraction of sp³-hybridized carbons (Fsp3) is 0.351. The summed E-state index contributed by atoms with van der Waals surface area (Å²) in [6, 6.07) is -0.814. The second-order valence-corrected chi connectivity index (χ2v) is 12.0. The van der Waals surface area contributed by atoms with E-state index >= 15 is 0 Å². The van der Waals surface area contributed by atoms with Gasteiger partial charge in [-0.25, -0.2) is 4.79 Å². The van der Waals surface area contributed by atoms with Gasteiger partial charge in [0.25, 0.3) is 0 Å². The third kappa shape index (κ3) is 24.4. The van der Waals surface area contributed by atoms with E-state index in [0.717, 1.165) is 0 Å². The molecule has 0 aromatic rings. The average molecular weight is 638 g/mol. The Balaban J connectivity index is 0. The fourth-order valence-electron chi connectivity index (χ4n) is 2.92. The first-order valence-corrected chi connectivity index (χ1v) is 15.1. The summed E-state index contributed by atoms with van der Waals surface area (Å²) in [5.74, 6) is -0.375. The molecule has 0 radical (unpaired) electrons. The number of amides is 3. The van der Waals surface area contributed by atoms with Crippen LogP contribution in [0.4, 0.5) is 4.79 Å². The molecule has 0 aromatic carbocycles. The highest BCUT2D eigenvalue weighted by Gasteiger charge is 2.32. The van der Waals surface area contributed by atoms with E-state index in [2.05, 4.69) is 169 Å². The molecule has 0 fully saturated rings. The molecule has 4 nitrogen and oxygen atoms in total. The van der Waals surface area contributed by atoms with Crippen LogP contribution in [0, 0.1) is 0 Å². The van der Waals surface area contributed by atoms with Crippen LogP contribution in [0.2, 0.25) is 0 Å². The summed E-state index contributed by atoms with van der Waals surface area (Å²) in [6.45, 7) is 20.5. The Kier molecular flexibility index (Phi) is 23.4. The van der Waals surface area contributed by atoms with Crippen LogP contribution in [0.15, 0.2) is 131 Å². The molecule has 0 saturated carbocycles. The van der Waals surface area contributed by atoms with Gasteiger partial charge in [0.2, 0.25) is 5.91 Å². The molecule has 0 saturated heterocycles. The SMILES string of the molecule is CC(C)=C/C=C/C(C)=C/C=C/C(C)=C/C=C/C=C(C)/C=C/C=C(C)/C=C/C=C(C)C.CCC(Br)(CC)C(=O)NC(N)=O. The molecule has 0 aliphatic rings. The van der Waals surface area contributed by atoms with Crippen LogP contribution >= 0.6 is 15.9 Å². The number of primary amides is 1. The highest BCUT2D eigenvalue weighted by molar-refractivity contribution is 9.10. The lowest BCUT2D eigenvalue weighted by molar-refractivity contribution is -0.122. The van der Waals surface area contributed by atoms with E-state index in [1.165, 1.54) is 33.4 Å². The molecule has 230 valence electrons. The van der Waals surface area contributed by atoms with Crippen LogP contribution in [-0.4, -0.2) is 16.3 Å². The number of nitrogens with two attached hydrogens (primary N) is 1. The van der Waals surface area contributed by atoms with Gasteiger partial charge in [0.15, 0.2) is 0 Å². The third-order valence-electron chi connectivity index (χ3n) is 5.61. The maximum absolute atomic E-state index is 11.3. The Hall–Kier alpha value is -3.44. The van der Waals surface area contributed by atoms with E-state index in [9.17, 15) is 9.59 Å². The van der Waals surface area contributed by atoms with Crippen LogP contribution in [0.3, 0.4) is 0 Å². The summed E-state index contributed by atoms with van der Waals surface area (Å²) >= 11 is 3.26. The van der Waals surface area contributed by atoms with Gasteiger partial charge in [0.05, 0.1) is 0 Å². The zero-order valence-corrected chi connectivity index (χ0v) is 29.0. The molecule has 0 rings (SSSR count). The first-order valence-electron chi connectivity index (χ1n) is 14.3. The summed E-state index contributed by atoms with van der Waals surface area (Å²) in [5.41, 5.74) is 12.3. The summed E-state index contributed by atoms with van der Waals surface area (Å²) in [4.78, 5) is 21.6. The predicted octanol–water partition coefficient (Wildman–Crippen LogP) is 10.6. The van der Waals surface area contributed by atoms with Crippen molar-refractivity contribution in [3.05, 3.63) is 131 Å². The van der Waals surface area contributed by atoms with Crippen LogP contribution in [-0.2, 0) is 4.79 Å². The molecular formula is C37H53BrN2O2. The minimum Gasteiger partial charge on any atom is -0.351 e. The molecule has 5 heteroatoms. The summed E-state index contributed by atoms with van der Waals surface area (Å²) in [7, 11) is 0. The monoisotopic (exact) mass is 636 g/mol. The maximum atomic E-state index is 11.3. The molecule has 3 N–H and O–H groups in total. The largest absolute Gasteiger partial charge is 0.351 e. The van der Waals surface area contributed by atoms with E-state index in [1.54, 1.807) is 0 Å². The Morgan fingerprint density at radius 2 is 0.857 bits per heavy atom. The molecule has 0 aliphatic heterocycles. The number of hydrogen-bond acceptors (Lipinski definition) is 2. The molecular weight excluding hydrogens is 584 g/mol. The van der Waals surface area contributed by atoms with Gasteiger partial charge in [-0.3, -0.25) is 10.1 Å². The quantitative estimate of drug-likeness (QED) is 0.156. The van der Waals surface area contributed by atoms with Crippen LogP contribution in [0.5, 0.6) is 0 Å². The highest BCUT2D eigenvalue weighted by Crippen LogP contribution is 2.26. The smallest absolute Gasteiger partial charge is 0.318 e. The molecule has 0 bridgehead atoms. The summed E-state index contributed by atoms with van der Waals surface area (Å²) in [5, 5.41) is 2.04. The van der Waals surface area contributed by atoms with E-state index < -0.39 is 10.4 Å². The number of carbonyl (C=O) groups is 2. The van der Waals surface area contributed by atoms with Crippen LogP contribution < -0.4 is 11.1 Å². The van der Waals surface area contributed by atoms with Gasteiger partial charge < -0.3 is 5.73 Å². The molecule has 42 heavy (non-hydrogen) atoms. The highest BCUT2D eigenvalue weighted by atomic mass is 79.9. The molecule has 0 spiro atoms. The summed E-state index contributed by atoms with van der Waals surface area (Å²) < 4.78 is -0.665. The predicted molar refractivity (Wildman–Crippen MR) is 190 cm³/mol. The lowest BCUT2D eigenvalue weighted by Crippen LogP contribution is -2.46. The van der Waals surface area contributed by atoms with E-state index in [-0.39, 0.29) is 5.91 Å². The number of hydrogen-bond donors (Lipinski definition) is 2. The zero-order valence-electron chi connectivity index (χ0n) is 27.4. The molecule has 0 heterocycles. The van der Waals surface area contributed by atoms with Gasteiger partial charge in [-0.2, -0.15) is 0 Å². The second-order valence-electron chi connectivity index (χ2n) is 10.4. The summed E-state index contributed by atoms with van der Waals surface area (Å²) in [6.07, 6.45) is 34.9. The molecule has 0 aliphatic carbocycles. The normalized spacial score (nSPS) is 13.7. The van der Waals surface area contributed by atoms with Crippen molar-refractivity contribution in [2.75, 3.05) is 0 Å². The van der Waals surface area contributed by atoms with Crippen molar-refractivity contribution in [2.24, 2.45) is 5.73 Å². The standard InChI is InChI=1S/C30H40.C7H13BrN2O2/c1-25(2)15-11-19-29(7)23-13-21-27(5)17-9-10-18-28(6)22-14-24-30(8)20-12-16-26(3)4;1-3-7(8,4-2)5(11)10-6(9)12/h9-24H,1-8H3;3-4H2,1-2H3,(H3,9,10,11,12)/b10-9+,19-11+,20-12+,21-13+,22-14+,27-17+,28-18+,29-23+,30-24+;. The lowest BCUT2D eigenvalue weighted by Gasteiger charge is -2.21. The third-order valence-corrected chi connectivity index (χ3v) is 7.09. The van der Waals surface area contributed by atoms with E-state index in [0.29, 0.717) is 12.8 Å². The number of alkyl halides is 1. The first kappa shape index (κ1) is 40.7. The van der Waals surface area contributed by atoms with Crippen molar-refractivity contribution in [1.82, 2.24) is 5.32 Å². The van der Waals surface area contributed by atoms with Crippen LogP contribution in [0.1, 0.15) is 82.1 Å². The first-order chi connectivity index (χ1) is 19.7. The number of carbonyl (C=O) groups excluding carboxylic acids is 2. The van der Waals surface area contributed by atoms with Crippen molar-refractivity contribution >= 4 is 27.9 Å². The van der Waals surface area contributed by atoms with E-state index in [1.807, 2.05) is 19.2 Å². The van der Waals surface area contributed by atoms with Crippen molar-refractivity contribution < 1.29 is 9.59 Å². The Morgan fingerprint density at radius 3 is 1.12 bits per heavy atom. The van der Waals surface area contributed by atoms with Crippen molar-refractivity contribution in [2.45, 2.75) is 86.4 Å². The lowest BCUT2D eigenvalue weighted by atomic mass is 10.0. The molecule has 0 aromatic heterocycles. The molecule has 0 unspecified atom stereocenters. The van der Waals surface area contributed by atoms with Gasteiger partial charge in [0, 0.05) is 0 Å². The number of allylic oxidation sites excluding steroid dienone is 22. The number of urea groups is 1. The number of imide groups is 1. The number of halogens is 1. The van der Waals surface area contributed by atoms with Crippen molar-refractivity contribution in [3.8, 4) is 0 Å². The van der Waals surface area contributed by atoms with Gasteiger partial charge in [-0.05, 0) is 68.2 Å². The Bertz CT molecular complexity index is 1110. The minimum absolute atomic E-state index is 0.375. The van der Waals surface area contributed by atoms with Gasteiger partial charge in [0.1, 0.15) is 4.32 Å². The van der Waals surface area contributed by atoms with Gasteiger partial charge in [-0.15, -0.1) is 0 Å². The Labute approximate surface area is 264 Å². The van der Waals surface area contributed by atoms with Crippen molar-refractivity contribution in [3.63, 3.8) is 0 Å². The van der Waals surface area contributed by atoms with Gasteiger partial charge >= 0.3 is 6.03 Å². The minimum atomic E-state index is -0.814. The number of rotatable bonds is 13. The topological polar surface area (TPSA) is 72.2 Å². The van der Waals surface area contributed by atoms with Crippen LogP contribution in [0.25, 0.3) is 0 Å². The Morgan fingerprint density at radius 1 is 0.571 bits per heavy atom. The zero-order chi connectivity index (χ0) is 32.6. The van der Waals surface area contributed by atoms with Crippen molar-refractivity contribution in [1.29, 1.82) is 0 Å². The number of nitrogens with one attached hydrogen (secondary N) is 1. The van der Waals surface area contributed by atoms with E-state index in [4.69, 9.17) is 5.73 Å². The average Bonchev–Trinajstić information content (AvgIpc) is 2.90. The maximum Gasteiger partial charge on any atom is 0.318 e. The molecule has 0 atom stereocenters. The molecule has 3 amide bonds. The second kappa shape index (κ2) is 24.2.